The second kappa shape index (κ2) is 8.47. The van der Waals surface area contributed by atoms with Crippen molar-refractivity contribution in [3.63, 3.8) is 0 Å². The Labute approximate surface area is 183 Å². The summed E-state index contributed by atoms with van der Waals surface area (Å²) in [5.41, 5.74) is 5.75. The van der Waals surface area contributed by atoms with Crippen LogP contribution in [0.5, 0.6) is 0 Å². The van der Waals surface area contributed by atoms with E-state index in [0.29, 0.717) is 11.9 Å². The van der Waals surface area contributed by atoms with Crippen LogP contribution in [0, 0.1) is 12.8 Å². The minimum atomic E-state index is 0.502. The first-order valence-electron chi connectivity index (χ1n) is 10.9. The van der Waals surface area contributed by atoms with E-state index in [0.717, 1.165) is 49.6 Å². The predicted molar refractivity (Wildman–Crippen MR) is 124 cm³/mol. The van der Waals surface area contributed by atoms with Crippen LogP contribution in [0.2, 0.25) is 0 Å². The van der Waals surface area contributed by atoms with Crippen molar-refractivity contribution < 1.29 is 0 Å². The average molecular weight is 413 g/mol. The maximum atomic E-state index is 4.97. The summed E-state index contributed by atoms with van der Waals surface area (Å²) in [4.78, 5) is 16.5. The number of imidazole rings is 1. The first kappa shape index (κ1) is 19.7. The van der Waals surface area contributed by atoms with Crippen LogP contribution in [-0.2, 0) is 19.4 Å². The molecule has 5 rings (SSSR count). The van der Waals surface area contributed by atoms with Gasteiger partial charge in [-0.05, 0) is 57.0 Å². The van der Waals surface area contributed by atoms with Crippen LogP contribution in [0.4, 0.5) is 11.6 Å². The average Bonchev–Trinajstić information content (AvgIpc) is 3.21. The van der Waals surface area contributed by atoms with Crippen LogP contribution in [0.15, 0.2) is 61.0 Å². The van der Waals surface area contributed by atoms with Crippen LogP contribution in [-0.4, -0.2) is 38.0 Å². The normalized spacial score (nSPS) is 18.2. The highest BCUT2D eigenvalue weighted by Gasteiger charge is 2.22. The Morgan fingerprint density at radius 3 is 2.74 bits per heavy atom. The molecule has 3 heterocycles. The second-order valence-electron chi connectivity index (χ2n) is 8.44. The van der Waals surface area contributed by atoms with Crippen molar-refractivity contribution in [2.24, 2.45) is 5.92 Å². The number of rotatable bonds is 5. The molecule has 1 N–H and O–H groups in total. The molecule has 2 aromatic heterocycles. The Morgan fingerprint density at radius 2 is 2.00 bits per heavy atom. The lowest BCUT2D eigenvalue weighted by Crippen LogP contribution is -2.29. The molecule has 158 valence electrons. The fraction of sp³-hybridized carbons (Fsp3) is 0.320. The highest BCUT2D eigenvalue weighted by atomic mass is 15.1. The Bertz CT molecular complexity index is 1130. The van der Waals surface area contributed by atoms with Crippen LogP contribution >= 0.6 is 0 Å². The van der Waals surface area contributed by atoms with Gasteiger partial charge >= 0.3 is 0 Å². The molecule has 6 heteroatoms. The Morgan fingerprint density at radius 1 is 1.13 bits per heavy atom. The zero-order valence-corrected chi connectivity index (χ0v) is 18.1. The number of benzene rings is 1. The van der Waals surface area contributed by atoms with Gasteiger partial charge in [0.1, 0.15) is 5.82 Å². The van der Waals surface area contributed by atoms with Gasteiger partial charge in [-0.15, -0.1) is 0 Å². The number of hydrogen-bond donors (Lipinski definition) is 1. The topological polar surface area (TPSA) is 58.9 Å². The Balaban J connectivity index is 1.41. The van der Waals surface area contributed by atoms with Crippen molar-refractivity contribution in [1.82, 2.24) is 24.4 Å². The van der Waals surface area contributed by atoms with Gasteiger partial charge in [0.05, 0.1) is 11.4 Å². The summed E-state index contributed by atoms with van der Waals surface area (Å²) in [7, 11) is 2.17. The number of nitrogens with one attached hydrogen (secondary N) is 1. The molecule has 0 spiro atoms. The standard InChI is InChI=1S/C25H28N6/c1-18-26-13-15-31(18)21-10-8-20(9-11-21)27-25-28-23-12-14-30(2)17-22(23)24(29-25)16-19-6-4-3-5-7-19/h3-6,8-11,13,15,19H,7,12,14,16-17H2,1-2H3,(H,27,28,29). The monoisotopic (exact) mass is 412 g/mol. The van der Waals surface area contributed by atoms with E-state index >= 15 is 0 Å². The molecule has 1 unspecified atom stereocenters. The molecular formula is C25H28N6. The fourth-order valence-electron chi connectivity index (χ4n) is 4.36. The van der Waals surface area contributed by atoms with Gasteiger partial charge in [-0.25, -0.2) is 15.0 Å². The first-order valence-corrected chi connectivity index (χ1v) is 10.9. The van der Waals surface area contributed by atoms with E-state index in [1.807, 2.05) is 19.3 Å². The molecule has 0 fully saturated rings. The summed E-state index contributed by atoms with van der Waals surface area (Å²) < 4.78 is 2.07. The zero-order valence-electron chi connectivity index (χ0n) is 18.1. The molecule has 0 amide bonds. The number of aromatic nitrogens is 4. The van der Waals surface area contributed by atoms with Gasteiger partial charge in [-0.3, -0.25) is 0 Å². The molecule has 1 aromatic carbocycles. The lowest BCUT2D eigenvalue weighted by atomic mass is 9.92. The molecule has 31 heavy (non-hydrogen) atoms. The lowest BCUT2D eigenvalue weighted by Gasteiger charge is -2.27. The third-order valence-electron chi connectivity index (χ3n) is 6.09. The highest BCUT2D eigenvalue weighted by Crippen LogP contribution is 2.27. The minimum Gasteiger partial charge on any atom is -0.324 e. The van der Waals surface area contributed by atoms with E-state index in [2.05, 4.69) is 75.4 Å². The van der Waals surface area contributed by atoms with E-state index in [-0.39, 0.29) is 0 Å². The molecule has 3 aromatic rings. The summed E-state index contributed by atoms with van der Waals surface area (Å²) in [5.74, 6) is 2.17. The van der Waals surface area contributed by atoms with Crippen LogP contribution in [0.25, 0.3) is 5.69 Å². The molecule has 1 atom stereocenters. The molecule has 2 aliphatic rings. The smallest absolute Gasteiger partial charge is 0.227 e. The van der Waals surface area contributed by atoms with E-state index in [9.17, 15) is 0 Å². The van der Waals surface area contributed by atoms with E-state index in [1.165, 1.54) is 17.0 Å². The first-order chi connectivity index (χ1) is 15.2. The number of anilines is 2. The van der Waals surface area contributed by atoms with Gasteiger partial charge in [0.15, 0.2) is 0 Å². The summed E-state index contributed by atoms with van der Waals surface area (Å²) in [5, 5.41) is 3.44. The van der Waals surface area contributed by atoms with Crippen molar-refractivity contribution in [1.29, 1.82) is 0 Å². The second-order valence-corrected chi connectivity index (χ2v) is 8.44. The number of allylic oxidation sites excluding steroid dienone is 4. The van der Waals surface area contributed by atoms with Crippen molar-refractivity contribution in [3.05, 3.63) is 83.7 Å². The third-order valence-corrected chi connectivity index (χ3v) is 6.09. The quantitative estimate of drug-likeness (QED) is 0.674. The molecule has 1 aliphatic carbocycles. The number of aryl methyl sites for hydroxylation is 1. The van der Waals surface area contributed by atoms with Crippen LogP contribution < -0.4 is 5.32 Å². The Kier molecular flexibility index (Phi) is 5.38. The Hall–Kier alpha value is -3.25. The number of likely N-dealkylation sites (N-methyl/N-ethyl adjacent to an activating group) is 1. The molecule has 0 saturated heterocycles. The fourth-order valence-corrected chi connectivity index (χ4v) is 4.36. The maximum absolute atomic E-state index is 4.97. The summed E-state index contributed by atoms with van der Waals surface area (Å²) >= 11 is 0. The summed E-state index contributed by atoms with van der Waals surface area (Å²) in [6.07, 6.45) is 15.6. The lowest BCUT2D eigenvalue weighted by molar-refractivity contribution is 0.307. The molecule has 6 nitrogen and oxygen atoms in total. The number of fused-ring (bicyclic) bond motifs is 1. The van der Waals surface area contributed by atoms with E-state index in [4.69, 9.17) is 9.97 Å². The van der Waals surface area contributed by atoms with E-state index < -0.39 is 0 Å². The SMILES string of the molecule is Cc1nccn1-c1ccc(Nc2nc3c(c(CC4C=CC=CC4)n2)CN(C)CC3)cc1. The van der Waals surface area contributed by atoms with Gasteiger partial charge in [0, 0.05) is 48.8 Å². The zero-order chi connectivity index (χ0) is 21.2. The van der Waals surface area contributed by atoms with Crippen molar-refractivity contribution in [3.8, 4) is 5.69 Å². The number of nitrogens with zero attached hydrogens (tertiary/aromatic N) is 5. The van der Waals surface area contributed by atoms with Gasteiger partial charge < -0.3 is 14.8 Å². The van der Waals surface area contributed by atoms with Gasteiger partial charge in [-0.2, -0.15) is 0 Å². The molecule has 0 radical (unpaired) electrons. The maximum Gasteiger partial charge on any atom is 0.227 e. The molecule has 0 bridgehead atoms. The summed E-state index contributed by atoms with van der Waals surface area (Å²) in [6.45, 7) is 3.97. The predicted octanol–water partition coefficient (Wildman–Crippen LogP) is 4.38. The van der Waals surface area contributed by atoms with Crippen molar-refractivity contribution >= 4 is 11.6 Å². The van der Waals surface area contributed by atoms with Gasteiger partial charge in [0.25, 0.3) is 0 Å². The number of hydrogen-bond acceptors (Lipinski definition) is 5. The summed E-state index contributed by atoms with van der Waals surface area (Å²) in [6, 6.07) is 8.31. The third kappa shape index (κ3) is 4.30. The minimum absolute atomic E-state index is 0.502. The molecule has 0 saturated carbocycles. The molecular weight excluding hydrogens is 384 g/mol. The molecule has 1 aliphatic heterocycles. The van der Waals surface area contributed by atoms with Crippen molar-refractivity contribution in [2.75, 3.05) is 18.9 Å². The van der Waals surface area contributed by atoms with Crippen LogP contribution in [0.1, 0.15) is 29.2 Å². The van der Waals surface area contributed by atoms with Gasteiger partial charge in [-0.1, -0.05) is 24.3 Å². The van der Waals surface area contributed by atoms with E-state index in [1.54, 1.807) is 0 Å². The van der Waals surface area contributed by atoms with Gasteiger partial charge in [0.2, 0.25) is 5.95 Å². The van der Waals surface area contributed by atoms with Crippen molar-refractivity contribution in [2.45, 2.75) is 32.7 Å². The highest BCUT2D eigenvalue weighted by molar-refractivity contribution is 5.56. The largest absolute Gasteiger partial charge is 0.324 e. The van der Waals surface area contributed by atoms with Crippen LogP contribution in [0.3, 0.4) is 0 Å².